The zero-order chi connectivity index (χ0) is 27.5. The number of amides is 1. The Labute approximate surface area is 235 Å². The molecule has 0 aliphatic carbocycles. The first-order chi connectivity index (χ1) is 19.6. The van der Waals surface area contributed by atoms with Gasteiger partial charge in [-0.05, 0) is 61.8 Å². The molecule has 1 fully saturated rings. The number of nitrogens with one attached hydrogen (secondary N) is 2. The van der Waals surface area contributed by atoms with Crippen molar-refractivity contribution in [1.82, 2.24) is 19.9 Å². The van der Waals surface area contributed by atoms with Gasteiger partial charge < -0.3 is 4.98 Å². The predicted molar refractivity (Wildman–Crippen MR) is 154 cm³/mol. The number of carbonyl (C=O) groups excluding carboxylic acids is 2. The second kappa shape index (κ2) is 11.2. The molecule has 5 aromatic rings. The maximum Gasteiger partial charge on any atom is 0.277 e. The molecule has 0 unspecified atom stereocenters. The number of carbonyl (C=O) groups is 2. The third kappa shape index (κ3) is 5.54. The van der Waals surface area contributed by atoms with Crippen molar-refractivity contribution in [3.8, 4) is 6.07 Å². The van der Waals surface area contributed by atoms with Gasteiger partial charge >= 0.3 is 0 Å². The van der Waals surface area contributed by atoms with Crippen molar-refractivity contribution >= 4 is 40.0 Å². The zero-order valence-electron chi connectivity index (χ0n) is 21.6. The number of nitriles is 1. The molecule has 2 aromatic heterocycles. The molecule has 1 amide bonds. The number of anilines is 1. The Balaban J connectivity index is 1.06. The van der Waals surface area contributed by atoms with E-state index in [2.05, 4.69) is 31.2 Å². The van der Waals surface area contributed by atoms with Crippen LogP contribution in [0, 0.1) is 11.3 Å². The lowest BCUT2D eigenvalue weighted by atomic mass is 9.97. The van der Waals surface area contributed by atoms with Crippen molar-refractivity contribution in [1.29, 1.82) is 5.26 Å². The van der Waals surface area contributed by atoms with Crippen LogP contribution >= 0.6 is 11.3 Å². The van der Waals surface area contributed by atoms with Crippen LogP contribution in [0.5, 0.6) is 0 Å². The molecule has 3 aromatic carbocycles. The minimum Gasteiger partial charge on any atom is -0.324 e. The maximum absolute atomic E-state index is 12.9. The van der Waals surface area contributed by atoms with Crippen LogP contribution in [0.4, 0.5) is 5.95 Å². The summed E-state index contributed by atoms with van der Waals surface area (Å²) in [6.45, 7) is 2.78. The molecule has 6 rings (SSSR count). The van der Waals surface area contributed by atoms with Crippen molar-refractivity contribution < 1.29 is 9.59 Å². The number of thiazole rings is 1. The summed E-state index contributed by atoms with van der Waals surface area (Å²) in [5.74, 6) is 0.253. The average Bonchev–Trinajstić information content (AvgIpc) is 3.65. The lowest BCUT2D eigenvalue weighted by Gasteiger charge is -2.31. The van der Waals surface area contributed by atoms with Crippen LogP contribution in [0.1, 0.15) is 61.3 Å². The molecule has 0 saturated carbocycles. The Hall–Kier alpha value is -4.65. The van der Waals surface area contributed by atoms with Crippen LogP contribution in [-0.2, 0) is 6.54 Å². The number of ketones is 1. The van der Waals surface area contributed by atoms with Crippen LogP contribution in [0.15, 0.2) is 78.2 Å². The van der Waals surface area contributed by atoms with Crippen LogP contribution < -0.4 is 5.32 Å². The monoisotopic (exact) mass is 546 g/mol. The summed E-state index contributed by atoms with van der Waals surface area (Å²) in [6.07, 6.45) is 1.97. The van der Waals surface area contributed by atoms with Gasteiger partial charge in [0.2, 0.25) is 5.95 Å². The van der Waals surface area contributed by atoms with Gasteiger partial charge in [0.1, 0.15) is 5.69 Å². The van der Waals surface area contributed by atoms with Crippen molar-refractivity contribution in [2.45, 2.75) is 25.3 Å². The SMILES string of the molecule is N#Cc1ccc(CN2CCC(c3nc(C(=O)Nc4nc5ccc(C(=O)c6ccccc6)cc5[nH]4)cs3)CC2)cc1. The molecule has 198 valence electrons. The van der Waals surface area contributed by atoms with Gasteiger partial charge in [-0.2, -0.15) is 5.26 Å². The number of rotatable bonds is 7. The van der Waals surface area contributed by atoms with Gasteiger partial charge in [0, 0.05) is 29.0 Å². The molecule has 1 saturated heterocycles. The van der Waals surface area contributed by atoms with E-state index < -0.39 is 0 Å². The molecule has 0 bridgehead atoms. The van der Waals surface area contributed by atoms with E-state index in [9.17, 15) is 9.59 Å². The van der Waals surface area contributed by atoms with Crippen molar-refractivity contribution in [2.24, 2.45) is 0 Å². The zero-order valence-corrected chi connectivity index (χ0v) is 22.4. The Morgan fingerprint density at radius 1 is 1.00 bits per heavy atom. The number of nitrogens with zero attached hydrogens (tertiary/aromatic N) is 4. The molecule has 40 heavy (non-hydrogen) atoms. The minimum absolute atomic E-state index is 0.0715. The van der Waals surface area contributed by atoms with Crippen molar-refractivity contribution in [3.63, 3.8) is 0 Å². The summed E-state index contributed by atoms with van der Waals surface area (Å²) >= 11 is 1.52. The van der Waals surface area contributed by atoms with Gasteiger partial charge in [-0.1, -0.05) is 42.5 Å². The molecule has 1 aliphatic rings. The molecule has 0 atom stereocenters. The highest BCUT2D eigenvalue weighted by Crippen LogP contribution is 2.31. The van der Waals surface area contributed by atoms with Gasteiger partial charge in [-0.15, -0.1) is 11.3 Å². The number of H-pyrrole nitrogens is 1. The normalized spacial score (nSPS) is 14.2. The maximum atomic E-state index is 12.9. The summed E-state index contributed by atoms with van der Waals surface area (Å²) in [5, 5.41) is 14.6. The summed E-state index contributed by atoms with van der Waals surface area (Å²) in [7, 11) is 0. The number of hydrogen-bond acceptors (Lipinski definition) is 7. The second-order valence-electron chi connectivity index (χ2n) is 9.90. The standard InChI is InChI=1S/C31H26N6O2S/c32-17-20-6-8-21(9-7-20)18-37-14-12-23(13-15-37)30-33-27(19-40-30)29(39)36-31-34-25-11-10-24(16-26(25)35-31)28(38)22-4-2-1-3-5-22/h1-11,16,19,23H,12-15,18H2,(H2,34,35,36,39). The Morgan fingerprint density at radius 3 is 2.52 bits per heavy atom. The molecule has 0 radical (unpaired) electrons. The topological polar surface area (TPSA) is 115 Å². The molecule has 1 aliphatic heterocycles. The number of fused-ring (bicyclic) bond motifs is 1. The quantitative estimate of drug-likeness (QED) is 0.251. The predicted octanol–water partition coefficient (Wildman–Crippen LogP) is 5.75. The number of aromatic amines is 1. The Kier molecular flexibility index (Phi) is 7.19. The fourth-order valence-electron chi connectivity index (χ4n) is 5.00. The van der Waals surface area contributed by atoms with Crippen molar-refractivity contribution in [2.75, 3.05) is 18.4 Å². The Bertz CT molecular complexity index is 1710. The third-order valence-electron chi connectivity index (χ3n) is 7.19. The summed E-state index contributed by atoms with van der Waals surface area (Å²) in [4.78, 5) is 40.4. The van der Waals surface area contributed by atoms with E-state index in [0.717, 1.165) is 37.5 Å². The van der Waals surface area contributed by atoms with E-state index >= 15 is 0 Å². The lowest BCUT2D eigenvalue weighted by molar-refractivity contribution is 0.101. The number of hydrogen-bond donors (Lipinski definition) is 2. The lowest BCUT2D eigenvalue weighted by Crippen LogP contribution is -2.32. The fourth-order valence-corrected chi connectivity index (χ4v) is 5.97. The first-order valence-corrected chi connectivity index (χ1v) is 14.0. The highest BCUT2D eigenvalue weighted by Gasteiger charge is 2.24. The van der Waals surface area contributed by atoms with Gasteiger partial charge in [0.15, 0.2) is 5.78 Å². The summed E-state index contributed by atoms with van der Waals surface area (Å²) < 4.78 is 0. The van der Waals surface area contributed by atoms with Gasteiger partial charge in [-0.25, -0.2) is 9.97 Å². The molecule has 8 nitrogen and oxygen atoms in total. The Morgan fingerprint density at radius 2 is 1.77 bits per heavy atom. The van der Waals surface area contributed by atoms with Crippen LogP contribution in [0.2, 0.25) is 0 Å². The van der Waals surface area contributed by atoms with Crippen LogP contribution in [-0.4, -0.2) is 44.6 Å². The first kappa shape index (κ1) is 25.6. The number of likely N-dealkylation sites (tertiary alicyclic amines) is 1. The van der Waals surface area contributed by atoms with Gasteiger partial charge in [0.05, 0.1) is 27.7 Å². The van der Waals surface area contributed by atoms with Crippen molar-refractivity contribution in [3.05, 3.63) is 111 Å². The smallest absolute Gasteiger partial charge is 0.277 e. The molecule has 9 heteroatoms. The van der Waals surface area contributed by atoms with E-state index in [-0.39, 0.29) is 11.7 Å². The fraction of sp³-hybridized carbons (Fsp3) is 0.194. The highest BCUT2D eigenvalue weighted by atomic mass is 32.1. The van der Waals surface area contributed by atoms with E-state index in [0.29, 0.717) is 45.3 Å². The highest BCUT2D eigenvalue weighted by molar-refractivity contribution is 7.10. The molecule has 0 spiro atoms. The van der Waals surface area contributed by atoms with E-state index in [4.69, 9.17) is 5.26 Å². The average molecular weight is 547 g/mol. The summed E-state index contributed by atoms with van der Waals surface area (Å²) in [5.41, 5.74) is 4.75. The summed E-state index contributed by atoms with van der Waals surface area (Å²) in [6, 6.07) is 24.3. The number of aromatic nitrogens is 3. The molecular formula is C31H26N6O2S. The molecular weight excluding hydrogens is 520 g/mol. The van der Waals surface area contributed by atoms with Crippen LogP contribution in [0.25, 0.3) is 11.0 Å². The van der Waals surface area contributed by atoms with Gasteiger partial charge in [-0.3, -0.25) is 19.8 Å². The molecule has 3 heterocycles. The number of imidazole rings is 1. The first-order valence-electron chi connectivity index (χ1n) is 13.1. The van der Waals surface area contributed by atoms with E-state index in [1.54, 1.807) is 35.7 Å². The largest absolute Gasteiger partial charge is 0.324 e. The molecule has 2 N–H and O–H groups in total. The second-order valence-corrected chi connectivity index (χ2v) is 10.8. The van der Waals surface area contributed by atoms with Gasteiger partial charge in [0.25, 0.3) is 5.91 Å². The number of piperidine rings is 1. The minimum atomic E-state index is -0.319. The van der Waals surface area contributed by atoms with Crippen LogP contribution in [0.3, 0.4) is 0 Å². The van der Waals surface area contributed by atoms with E-state index in [1.807, 2.05) is 42.5 Å². The number of benzene rings is 3. The third-order valence-corrected chi connectivity index (χ3v) is 8.20. The van der Waals surface area contributed by atoms with E-state index in [1.165, 1.54) is 16.9 Å².